The highest BCUT2D eigenvalue weighted by Gasteiger charge is 2.34. The molecule has 2 amide bonds. The van der Waals surface area contributed by atoms with Crippen LogP contribution in [0, 0.1) is 5.41 Å². The Bertz CT molecular complexity index is 495. The fourth-order valence-corrected chi connectivity index (χ4v) is 1.54. The van der Waals surface area contributed by atoms with Gasteiger partial charge in [0.05, 0.1) is 11.3 Å². The molecule has 0 saturated heterocycles. The molecule has 0 aliphatic rings. The van der Waals surface area contributed by atoms with E-state index in [0.29, 0.717) is 6.54 Å². The first-order chi connectivity index (χ1) is 8.99. The van der Waals surface area contributed by atoms with E-state index in [2.05, 4.69) is 10.6 Å². The number of nitrogens with one attached hydrogen (secondary N) is 2. The van der Waals surface area contributed by atoms with Crippen LogP contribution in [0.3, 0.4) is 0 Å². The maximum Gasteiger partial charge on any atom is 0.418 e. The Morgan fingerprint density at radius 2 is 1.85 bits per heavy atom. The third-order valence-corrected chi connectivity index (χ3v) is 2.55. The van der Waals surface area contributed by atoms with Gasteiger partial charge in [0.15, 0.2) is 0 Å². The molecule has 20 heavy (non-hydrogen) atoms. The van der Waals surface area contributed by atoms with Gasteiger partial charge >= 0.3 is 12.2 Å². The summed E-state index contributed by atoms with van der Waals surface area (Å²) in [7, 11) is 0. The zero-order chi connectivity index (χ0) is 15.6. The van der Waals surface area contributed by atoms with Crippen LogP contribution in [0.4, 0.5) is 23.7 Å². The summed E-state index contributed by atoms with van der Waals surface area (Å²) in [4.78, 5) is 11.6. The lowest BCUT2D eigenvalue weighted by Gasteiger charge is -2.20. The van der Waals surface area contributed by atoms with Crippen LogP contribution in [0.2, 0.25) is 5.02 Å². The highest BCUT2D eigenvalue weighted by molar-refractivity contribution is 6.30. The average molecular weight is 309 g/mol. The second-order valence-corrected chi connectivity index (χ2v) is 5.99. The van der Waals surface area contributed by atoms with Gasteiger partial charge in [-0.3, -0.25) is 0 Å². The number of hydrogen-bond donors (Lipinski definition) is 2. The Labute approximate surface area is 120 Å². The third-order valence-electron chi connectivity index (χ3n) is 2.31. The van der Waals surface area contributed by atoms with Crippen molar-refractivity contribution in [3.05, 3.63) is 28.8 Å². The molecule has 1 aromatic carbocycles. The van der Waals surface area contributed by atoms with Gasteiger partial charge in [-0.1, -0.05) is 32.4 Å². The number of rotatable bonds is 2. The summed E-state index contributed by atoms with van der Waals surface area (Å²) in [6.07, 6.45) is -4.59. The molecule has 0 aliphatic heterocycles. The number of carbonyl (C=O) groups excluding carboxylic acids is 1. The standard InChI is InChI=1S/C13H16ClF3N2O/c1-12(2,3)7-18-11(20)19-10-5-4-8(14)6-9(10)13(15,16)17/h4-6H,7H2,1-3H3,(H2,18,19,20). The number of alkyl halides is 3. The van der Waals surface area contributed by atoms with E-state index >= 15 is 0 Å². The van der Waals surface area contributed by atoms with Crippen molar-refractivity contribution in [2.75, 3.05) is 11.9 Å². The minimum atomic E-state index is -4.59. The molecule has 112 valence electrons. The summed E-state index contributed by atoms with van der Waals surface area (Å²) in [5.41, 5.74) is -1.46. The van der Waals surface area contributed by atoms with Gasteiger partial charge in [-0.25, -0.2) is 4.79 Å². The van der Waals surface area contributed by atoms with Gasteiger partial charge in [0.1, 0.15) is 0 Å². The molecule has 0 unspecified atom stereocenters. The summed E-state index contributed by atoms with van der Waals surface area (Å²) in [5, 5.41) is 4.66. The minimum Gasteiger partial charge on any atom is -0.337 e. The monoisotopic (exact) mass is 308 g/mol. The van der Waals surface area contributed by atoms with E-state index in [1.54, 1.807) is 0 Å². The van der Waals surface area contributed by atoms with Crippen LogP contribution in [0.1, 0.15) is 26.3 Å². The van der Waals surface area contributed by atoms with Crippen molar-refractivity contribution in [2.24, 2.45) is 5.41 Å². The van der Waals surface area contributed by atoms with Crippen LogP contribution in [0.25, 0.3) is 0 Å². The number of carbonyl (C=O) groups is 1. The fraction of sp³-hybridized carbons (Fsp3) is 0.462. The largest absolute Gasteiger partial charge is 0.418 e. The fourth-order valence-electron chi connectivity index (χ4n) is 1.37. The Morgan fingerprint density at radius 3 is 2.35 bits per heavy atom. The minimum absolute atomic E-state index is 0.0435. The zero-order valence-electron chi connectivity index (χ0n) is 11.4. The van der Waals surface area contributed by atoms with Crippen molar-refractivity contribution >= 4 is 23.3 Å². The molecule has 0 spiro atoms. The van der Waals surface area contributed by atoms with Crippen molar-refractivity contribution in [1.82, 2.24) is 5.32 Å². The van der Waals surface area contributed by atoms with Gasteiger partial charge in [-0.2, -0.15) is 13.2 Å². The molecule has 0 bridgehead atoms. The van der Waals surface area contributed by atoms with Crippen LogP contribution in [-0.4, -0.2) is 12.6 Å². The lowest BCUT2D eigenvalue weighted by Crippen LogP contribution is -2.35. The van der Waals surface area contributed by atoms with E-state index in [9.17, 15) is 18.0 Å². The highest BCUT2D eigenvalue weighted by Crippen LogP contribution is 2.36. The van der Waals surface area contributed by atoms with Crippen molar-refractivity contribution in [3.63, 3.8) is 0 Å². The van der Waals surface area contributed by atoms with Gasteiger partial charge in [0.2, 0.25) is 0 Å². The Balaban J connectivity index is 2.85. The first kappa shape index (κ1) is 16.6. The Kier molecular flexibility index (Phi) is 4.91. The van der Waals surface area contributed by atoms with Crippen molar-refractivity contribution < 1.29 is 18.0 Å². The van der Waals surface area contributed by atoms with E-state index in [1.807, 2.05) is 20.8 Å². The Hall–Kier alpha value is -1.43. The zero-order valence-corrected chi connectivity index (χ0v) is 12.1. The third kappa shape index (κ3) is 5.28. The first-order valence-corrected chi connectivity index (χ1v) is 6.28. The molecule has 0 fully saturated rings. The van der Waals surface area contributed by atoms with Crippen LogP contribution >= 0.6 is 11.6 Å². The van der Waals surface area contributed by atoms with Gasteiger partial charge in [-0.15, -0.1) is 0 Å². The van der Waals surface area contributed by atoms with Crippen LogP contribution < -0.4 is 10.6 Å². The second kappa shape index (κ2) is 5.91. The molecule has 0 heterocycles. The first-order valence-electron chi connectivity index (χ1n) is 5.91. The average Bonchev–Trinajstić information content (AvgIpc) is 2.26. The van der Waals surface area contributed by atoms with E-state index in [-0.39, 0.29) is 16.1 Å². The smallest absolute Gasteiger partial charge is 0.337 e. The molecular weight excluding hydrogens is 293 g/mol. The maximum absolute atomic E-state index is 12.8. The van der Waals surface area contributed by atoms with Crippen LogP contribution in [0.15, 0.2) is 18.2 Å². The molecule has 1 aromatic rings. The van der Waals surface area contributed by atoms with Gasteiger partial charge in [-0.05, 0) is 23.6 Å². The molecule has 7 heteroatoms. The number of hydrogen-bond acceptors (Lipinski definition) is 1. The van der Waals surface area contributed by atoms with Gasteiger partial charge < -0.3 is 10.6 Å². The lowest BCUT2D eigenvalue weighted by molar-refractivity contribution is -0.136. The Morgan fingerprint density at radius 1 is 1.25 bits per heavy atom. The summed E-state index contributed by atoms with van der Waals surface area (Å²) in [5.74, 6) is 0. The summed E-state index contributed by atoms with van der Waals surface area (Å²) >= 11 is 5.55. The molecule has 3 nitrogen and oxygen atoms in total. The van der Waals surface area contributed by atoms with Gasteiger partial charge in [0, 0.05) is 11.6 Å². The van der Waals surface area contributed by atoms with Crippen LogP contribution in [-0.2, 0) is 6.18 Å². The number of benzene rings is 1. The van der Waals surface area contributed by atoms with Crippen LogP contribution in [0.5, 0.6) is 0 Å². The maximum atomic E-state index is 12.8. The van der Waals surface area contributed by atoms with Crippen molar-refractivity contribution in [3.8, 4) is 0 Å². The normalized spacial score (nSPS) is 12.2. The molecule has 0 atom stereocenters. The molecule has 2 N–H and O–H groups in total. The van der Waals surface area contributed by atoms with Crippen molar-refractivity contribution in [2.45, 2.75) is 26.9 Å². The lowest BCUT2D eigenvalue weighted by atomic mass is 9.97. The number of anilines is 1. The van der Waals surface area contributed by atoms with E-state index in [4.69, 9.17) is 11.6 Å². The van der Waals surface area contributed by atoms with Crippen molar-refractivity contribution in [1.29, 1.82) is 0 Å². The van der Waals surface area contributed by atoms with E-state index in [0.717, 1.165) is 12.1 Å². The topological polar surface area (TPSA) is 41.1 Å². The number of amides is 2. The predicted octanol–water partition coefficient (Wildman–Crippen LogP) is 4.53. The molecule has 0 aromatic heterocycles. The van der Waals surface area contributed by atoms with E-state index in [1.165, 1.54) is 6.07 Å². The number of halogens is 4. The summed E-state index contributed by atoms with van der Waals surface area (Å²) in [6, 6.07) is 2.51. The molecular formula is C13H16ClF3N2O. The van der Waals surface area contributed by atoms with E-state index < -0.39 is 17.8 Å². The molecule has 0 saturated carbocycles. The highest BCUT2D eigenvalue weighted by atomic mass is 35.5. The molecule has 0 radical (unpaired) electrons. The summed E-state index contributed by atoms with van der Waals surface area (Å²) < 4.78 is 38.5. The SMILES string of the molecule is CC(C)(C)CNC(=O)Nc1ccc(Cl)cc1C(F)(F)F. The molecule has 0 aliphatic carbocycles. The summed E-state index contributed by atoms with van der Waals surface area (Å²) in [6.45, 7) is 6.04. The van der Waals surface area contributed by atoms with Gasteiger partial charge in [0.25, 0.3) is 0 Å². The number of urea groups is 1. The predicted molar refractivity (Wildman–Crippen MR) is 72.9 cm³/mol. The quantitative estimate of drug-likeness (QED) is 0.828. The second-order valence-electron chi connectivity index (χ2n) is 5.56. The molecule has 1 rings (SSSR count).